The minimum absolute atomic E-state index is 0.386. The molecule has 1 saturated heterocycles. The molecular formula is C31H36N4O2S. The Labute approximate surface area is 227 Å². The van der Waals surface area contributed by atoms with Gasteiger partial charge < -0.3 is 15.4 Å². The average molecular weight is 529 g/mol. The van der Waals surface area contributed by atoms with Crippen LogP contribution in [0.4, 0.5) is 5.82 Å². The molecule has 7 heteroatoms. The molecule has 1 unspecified atom stereocenters. The molecule has 1 aliphatic heterocycles. The quantitative estimate of drug-likeness (QED) is 0.313. The van der Waals surface area contributed by atoms with Gasteiger partial charge in [0.25, 0.3) is 0 Å². The summed E-state index contributed by atoms with van der Waals surface area (Å²) >= 11 is 0. The Morgan fingerprint density at radius 1 is 0.921 bits per heavy atom. The molecule has 3 aromatic carbocycles. The summed E-state index contributed by atoms with van der Waals surface area (Å²) in [5, 5.41) is 10.2. The number of piperidine rings is 1. The van der Waals surface area contributed by atoms with Gasteiger partial charge in [-0.25, -0.2) is 0 Å². The maximum atomic E-state index is 12.0. The lowest BCUT2D eigenvalue weighted by Gasteiger charge is -2.26. The molecule has 0 amide bonds. The van der Waals surface area contributed by atoms with Crippen LogP contribution in [-0.4, -0.2) is 45.2 Å². The van der Waals surface area contributed by atoms with Gasteiger partial charge in [-0.05, 0) is 68.5 Å². The number of benzene rings is 3. The number of anilines is 1. The van der Waals surface area contributed by atoms with E-state index in [4.69, 9.17) is 10.5 Å². The third-order valence-corrected chi connectivity index (χ3v) is 8.07. The minimum Gasteiger partial charge on any atom is -0.488 e. The second-order valence-corrected chi connectivity index (χ2v) is 11.6. The van der Waals surface area contributed by atoms with E-state index in [9.17, 15) is 4.21 Å². The predicted octanol–water partition coefficient (Wildman–Crippen LogP) is 6.08. The molecule has 4 aromatic rings. The van der Waals surface area contributed by atoms with E-state index in [-0.39, 0.29) is 0 Å². The van der Waals surface area contributed by atoms with Crippen LogP contribution in [-0.2, 0) is 17.4 Å². The number of ether oxygens (including phenoxy) is 1. The smallest absolute Gasteiger partial charge is 0.154 e. The van der Waals surface area contributed by atoms with Gasteiger partial charge in [-0.1, -0.05) is 61.0 Å². The third kappa shape index (κ3) is 6.77. The molecule has 2 heterocycles. The molecule has 0 radical (unpaired) electrons. The molecule has 1 saturated carbocycles. The SMILES string of the molecule is C1CCN(CC2CC2)CC1.CS(=O)c1ccc(-c2nnc(N)c3ccccc23)c(OCc2ccccc2)c1. The molecule has 2 N–H and O–H groups in total. The zero-order valence-electron chi connectivity index (χ0n) is 22.0. The average Bonchev–Trinajstić information content (AvgIpc) is 3.78. The van der Waals surface area contributed by atoms with Crippen LogP contribution in [0.25, 0.3) is 22.0 Å². The van der Waals surface area contributed by atoms with Gasteiger partial charge in [-0.2, -0.15) is 0 Å². The van der Waals surface area contributed by atoms with Crippen LogP contribution in [0.15, 0.2) is 77.7 Å². The summed E-state index contributed by atoms with van der Waals surface area (Å²) in [5.41, 5.74) is 8.51. The van der Waals surface area contributed by atoms with E-state index in [2.05, 4.69) is 15.1 Å². The number of rotatable bonds is 7. The first kappa shape index (κ1) is 26.3. The van der Waals surface area contributed by atoms with Crippen LogP contribution >= 0.6 is 0 Å². The standard InChI is InChI=1S/C22H19N3O2S.C9H17N/c1-28(26)16-11-12-19(20(13-16)27-14-15-7-3-2-4-8-15)21-17-9-5-6-10-18(17)22(23)25-24-21;1-2-6-10(7-3-1)8-9-4-5-9/h2-13H,14H2,1H3,(H2,23,25);9H,1-8H2. The van der Waals surface area contributed by atoms with Crippen molar-refractivity contribution >= 4 is 27.4 Å². The Morgan fingerprint density at radius 2 is 1.63 bits per heavy atom. The summed E-state index contributed by atoms with van der Waals surface area (Å²) in [6.07, 6.45) is 9.04. The first-order valence-electron chi connectivity index (χ1n) is 13.5. The van der Waals surface area contributed by atoms with E-state index in [1.165, 1.54) is 51.7 Å². The minimum atomic E-state index is -1.12. The summed E-state index contributed by atoms with van der Waals surface area (Å²) in [4.78, 5) is 3.35. The molecule has 2 aliphatic rings. The van der Waals surface area contributed by atoms with E-state index >= 15 is 0 Å². The van der Waals surface area contributed by atoms with E-state index in [0.29, 0.717) is 28.8 Å². The Kier molecular flexibility index (Phi) is 8.66. The van der Waals surface area contributed by atoms with Gasteiger partial charge in [0.2, 0.25) is 0 Å². The number of hydrogen-bond acceptors (Lipinski definition) is 6. The molecule has 198 valence electrons. The van der Waals surface area contributed by atoms with Crippen LogP contribution < -0.4 is 10.5 Å². The molecule has 1 aromatic heterocycles. The molecule has 6 nitrogen and oxygen atoms in total. The van der Waals surface area contributed by atoms with Crippen molar-refractivity contribution in [2.24, 2.45) is 5.92 Å². The van der Waals surface area contributed by atoms with Gasteiger partial charge in [0.15, 0.2) is 5.82 Å². The highest BCUT2D eigenvalue weighted by Crippen LogP contribution is 2.36. The second-order valence-electron chi connectivity index (χ2n) is 10.2. The summed E-state index contributed by atoms with van der Waals surface area (Å²) in [5.74, 6) is 2.09. The molecule has 2 fully saturated rings. The fourth-order valence-electron chi connectivity index (χ4n) is 4.86. The molecule has 1 atom stereocenters. The van der Waals surface area contributed by atoms with Crippen molar-refractivity contribution in [3.8, 4) is 17.0 Å². The number of nitrogens with zero attached hydrogens (tertiary/aromatic N) is 3. The lowest BCUT2D eigenvalue weighted by molar-refractivity contribution is 0.220. The predicted molar refractivity (Wildman–Crippen MR) is 156 cm³/mol. The topological polar surface area (TPSA) is 81.3 Å². The van der Waals surface area contributed by atoms with E-state index < -0.39 is 10.8 Å². The van der Waals surface area contributed by atoms with Crippen molar-refractivity contribution < 1.29 is 8.95 Å². The van der Waals surface area contributed by atoms with Gasteiger partial charge in [-0.15, -0.1) is 10.2 Å². The van der Waals surface area contributed by atoms with Crippen molar-refractivity contribution in [2.75, 3.05) is 31.6 Å². The van der Waals surface area contributed by atoms with Crippen molar-refractivity contribution in [2.45, 2.75) is 43.6 Å². The van der Waals surface area contributed by atoms with Crippen LogP contribution in [0, 0.1) is 5.92 Å². The van der Waals surface area contributed by atoms with Crippen LogP contribution in [0.2, 0.25) is 0 Å². The van der Waals surface area contributed by atoms with Gasteiger partial charge in [0, 0.05) is 44.8 Å². The summed E-state index contributed by atoms with van der Waals surface area (Å²) in [6, 6.07) is 23.1. The molecule has 38 heavy (non-hydrogen) atoms. The van der Waals surface area contributed by atoms with Gasteiger partial charge >= 0.3 is 0 Å². The number of likely N-dealkylation sites (tertiary alicyclic amines) is 1. The maximum Gasteiger partial charge on any atom is 0.154 e. The summed E-state index contributed by atoms with van der Waals surface area (Å²) in [7, 11) is -1.12. The highest BCUT2D eigenvalue weighted by Gasteiger charge is 2.24. The number of aromatic nitrogens is 2. The fraction of sp³-hybridized carbons (Fsp3) is 0.355. The van der Waals surface area contributed by atoms with Crippen molar-refractivity contribution in [3.63, 3.8) is 0 Å². The highest BCUT2D eigenvalue weighted by atomic mass is 32.2. The Balaban J connectivity index is 0.000000244. The summed E-state index contributed by atoms with van der Waals surface area (Å²) < 4.78 is 18.1. The lowest BCUT2D eigenvalue weighted by atomic mass is 10.0. The lowest BCUT2D eigenvalue weighted by Crippen LogP contribution is -2.31. The number of fused-ring (bicyclic) bond motifs is 1. The molecule has 1 aliphatic carbocycles. The van der Waals surface area contributed by atoms with E-state index in [1.807, 2.05) is 66.7 Å². The summed E-state index contributed by atoms with van der Waals surface area (Å²) in [6.45, 7) is 4.58. The second kappa shape index (κ2) is 12.5. The zero-order valence-corrected chi connectivity index (χ0v) is 22.8. The third-order valence-electron chi connectivity index (χ3n) is 7.16. The fourth-order valence-corrected chi connectivity index (χ4v) is 5.40. The Hall–Kier alpha value is -3.29. The van der Waals surface area contributed by atoms with Crippen molar-refractivity contribution in [1.82, 2.24) is 15.1 Å². The Bertz CT molecular complexity index is 1390. The molecular weight excluding hydrogens is 492 g/mol. The van der Waals surface area contributed by atoms with E-state index in [0.717, 1.165) is 27.8 Å². The highest BCUT2D eigenvalue weighted by molar-refractivity contribution is 7.84. The van der Waals surface area contributed by atoms with Crippen LogP contribution in [0.5, 0.6) is 5.75 Å². The van der Waals surface area contributed by atoms with Gasteiger partial charge in [0.05, 0.1) is 0 Å². The first-order chi connectivity index (χ1) is 18.6. The Morgan fingerprint density at radius 3 is 2.34 bits per heavy atom. The first-order valence-corrected chi connectivity index (χ1v) is 15.0. The largest absolute Gasteiger partial charge is 0.488 e. The molecule has 0 spiro atoms. The normalized spacial score (nSPS) is 16.4. The zero-order chi connectivity index (χ0) is 26.3. The van der Waals surface area contributed by atoms with Crippen molar-refractivity contribution in [1.29, 1.82) is 0 Å². The van der Waals surface area contributed by atoms with Crippen LogP contribution in [0.3, 0.4) is 0 Å². The number of nitrogens with two attached hydrogens (primary N) is 1. The maximum absolute atomic E-state index is 12.0. The molecule has 6 rings (SSSR count). The molecule has 0 bridgehead atoms. The van der Waals surface area contributed by atoms with Gasteiger partial charge in [0.1, 0.15) is 18.1 Å². The monoisotopic (exact) mass is 528 g/mol. The number of nitrogen functional groups attached to an aromatic ring is 1. The van der Waals surface area contributed by atoms with Gasteiger partial charge in [-0.3, -0.25) is 4.21 Å². The number of hydrogen-bond donors (Lipinski definition) is 1. The van der Waals surface area contributed by atoms with Crippen molar-refractivity contribution in [3.05, 3.63) is 78.4 Å². The van der Waals surface area contributed by atoms with E-state index in [1.54, 1.807) is 12.3 Å². The van der Waals surface area contributed by atoms with Crippen LogP contribution in [0.1, 0.15) is 37.7 Å².